The van der Waals surface area contributed by atoms with Crippen molar-refractivity contribution in [2.45, 2.75) is 13.3 Å². The molecule has 0 spiro atoms. The van der Waals surface area contributed by atoms with E-state index in [0.717, 1.165) is 27.0 Å². The number of methoxy groups -OCH3 is 1. The highest BCUT2D eigenvalue weighted by Gasteiger charge is 2.08. The Balaban J connectivity index is 1.90. The third-order valence-corrected chi connectivity index (χ3v) is 4.01. The molecule has 4 nitrogen and oxygen atoms in total. The van der Waals surface area contributed by atoms with Crippen molar-refractivity contribution in [3.05, 3.63) is 58.1 Å². The molecule has 6 heteroatoms. The van der Waals surface area contributed by atoms with Gasteiger partial charge in [0.15, 0.2) is 5.11 Å². The zero-order valence-electron chi connectivity index (χ0n) is 12.9. The van der Waals surface area contributed by atoms with E-state index in [-0.39, 0.29) is 17.4 Å². The number of anilines is 1. The summed E-state index contributed by atoms with van der Waals surface area (Å²) in [4.78, 5) is 12.0. The Morgan fingerprint density at radius 2 is 1.91 bits per heavy atom. The lowest BCUT2D eigenvalue weighted by molar-refractivity contribution is -0.119. The lowest BCUT2D eigenvalue weighted by Crippen LogP contribution is -2.35. The quantitative estimate of drug-likeness (QED) is 0.776. The fourth-order valence-corrected chi connectivity index (χ4v) is 2.79. The summed E-state index contributed by atoms with van der Waals surface area (Å²) in [5.41, 5.74) is 2.84. The van der Waals surface area contributed by atoms with E-state index in [0.29, 0.717) is 0 Å². The van der Waals surface area contributed by atoms with Gasteiger partial charge in [-0.2, -0.15) is 0 Å². The second-order valence-electron chi connectivity index (χ2n) is 5.01. The van der Waals surface area contributed by atoms with E-state index >= 15 is 0 Å². The highest BCUT2D eigenvalue weighted by atomic mass is 79.9. The Morgan fingerprint density at radius 1 is 1.22 bits per heavy atom. The number of aryl methyl sites for hydroxylation is 1. The zero-order valence-corrected chi connectivity index (χ0v) is 15.3. The molecular formula is C17H17BrN2O2S. The molecule has 2 rings (SSSR count). The molecule has 0 saturated heterocycles. The molecule has 0 saturated carbocycles. The lowest BCUT2D eigenvalue weighted by Gasteiger charge is -2.11. The molecule has 120 valence electrons. The molecule has 0 bridgehead atoms. The molecule has 0 aliphatic heterocycles. The Morgan fingerprint density at radius 3 is 2.52 bits per heavy atom. The van der Waals surface area contributed by atoms with Crippen LogP contribution in [-0.4, -0.2) is 18.1 Å². The monoisotopic (exact) mass is 392 g/mol. The molecule has 0 heterocycles. The normalized spacial score (nSPS) is 10.0. The van der Waals surface area contributed by atoms with Gasteiger partial charge in [-0.1, -0.05) is 18.2 Å². The summed E-state index contributed by atoms with van der Waals surface area (Å²) in [6.45, 7) is 2.00. The summed E-state index contributed by atoms with van der Waals surface area (Å²) in [6.07, 6.45) is 0.251. The maximum Gasteiger partial charge on any atom is 0.230 e. The number of nitrogens with one attached hydrogen (secondary N) is 2. The van der Waals surface area contributed by atoms with Gasteiger partial charge in [0.2, 0.25) is 5.91 Å². The van der Waals surface area contributed by atoms with E-state index in [1.165, 1.54) is 0 Å². The summed E-state index contributed by atoms with van der Waals surface area (Å²) in [5.74, 6) is 0.589. The van der Waals surface area contributed by atoms with Gasteiger partial charge >= 0.3 is 0 Å². The molecule has 0 radical (unpaired) electrons. The van der Waals surface area contributed by atoms with Crippen LogP contribution in [0.25, 0.3) is 0 Å². The molecule has 2 N–H and O–H groups in total. The second-order valence-corrected chi connectivity index (χ2v) is 6.27. The van der Waals surface area contributed by atoms with Gasteiger partial charge < -0.3 is 15.4 Å². The largest absolute Gasteiger partial charge is 0.497 e. The van der Waals surface area contributed by atoms with E-state index in [9.17, 15) is 4.79 Å². The van der Waals surface area contributed by atoms with Crippen molar-refractivity contribution in [3.63, 3.8) is 0 Å². The van der Waals surface area contributed by atoms with Crippen molar-refractivity contribution in [1.82, 2.24) is 5.32 Å². The Labute approximate surface area is 149 Å². The van der Waals surface area contributed by atoms with Crippen molar-refractivity contribution in [2.24, 2.45) is 0 Å². The highest BCUT2D eigenvalue weighted by Crippen LogP contribution is 2.23. The third-order valence-electron chi connectivity index (χ3n) is 3.15. The first-order valence-electron chi connectivity index (χ1n) is 6.98. The number of carbonyl (C=O) groups is 1. The van der Waals surface area contributed by atoms with Crippen LogP contribution in [0.5, 0.6) is 5.75 Å². The van der Waals surface area contributed by atoms with Crippen LogP contribution in [0.1, 0.15) is 11.1 Å². The summed E-state index contributed by atoms with van der Waals surface area (Å²) in [7, 11) is 1.61. The van der Waals surface area contributed by atoms with Gasteiger partial charge in [0.1, 0.15) is 5.75 Å². The Hall–Kier alpha value is -1.92. The van der Waals surface area contributed by atoms with Crippen molar-refractivity contribution >= 4 is 44.9 Å². The minimum absolute atomic E-state index is 0.170. The van der Waals surface area contributed by atoms with E-state index in [1.54, 1.807) is 7.11 Å². The van der Waals surface area contributed by atoms with Crippen molar-refractivity contribution in [1.29, 1.82) is 0 Å². The van der Waals surface area contributed by atoms with Crippen LogP contribution in [0.3, 0.4) is 0 Å². The molecule has 0 aliphatic carbocycles. The van der Waals surface area contributed by atoms with Gasteiger partial charge in [-0.3, -0.25) is 4.79 Å². The first kappa shape index (κ1) is 17.4. The number of halogens is 1. The fraction of sp³-hybridized carbons (Fsp3) is 0.176. The average Bonchev–Trinajstić information content (AvgIpc) is 2.50. The molecular weight excluding hydrogens is 376 g/mol. The summed E-state index contributed by atoms with van der Waals surface area (Å²) >= 11 is 8.64. The average molecular weight is 393 g/mol. The van der Waals surface area contributed by atoms with Crippen LogP contribution in [0.15, 0.2) is 46.9 Å². The van der Waals surface area contributed by atoms with Gasteiger partial charge in [-0.15, -0.1) is 0 Å². The summed E-state index contributed by atoms with van der Waals surface area (Å²) in [6, 6.07) is 13.2. The first-order chi connectivity index (χ1) is 11.0. The van der Waals surface area contributed by atoms with E-state index in [2.05, 4.69) is 26.6 Å². The Kier molecular flexibility index (Phi) is 6.12. The maximum absolute atomic E-state index is 12.0. The van der Waals surface area contributed by atoms with Gasteiger partial charge in [0, 0.05) is 4.47 Å². The molecule has 0 fully saturated rings. The predicted molar refractivity (Wildman–Crippen MR) is 99.9 cm³/mol. The molecule has 1 amide bonds. The number of ether oxygens (including phenoxy) is 1. The molecule has 0 aromatic heterocycles. The van der Waals surface area contributed by atoms with E-state index in [4.69, 9.17) is 17.0 Å². The number of thiocarbonyl (C=S) groups is 1. The number of hydrogen-bond acceptors (Lipinski definition) is 3. The van der Waals surface area contributed by atoms with E-state index in [1.807, 2.05) is 49.4 Å². The third kappa shape index (κ3) is 5.33. The minimum Gasteiger partial charge on any atom is -0.497 e. The van der Waals surface area contributed by atoms with Gasteiger partial charge in [0.05, 0.1) is 19.2 Å². The van der Waals surface area contributed by atoms with Crippen molar-refractivity contribution in [2.75, 3.05) is 12.4 Å². The highest BCUT2D eigenvalue weighted by molar-refractivity contribution is 9.10. The minimum atomic E-state index is -0.170. The van der Waals surface area contributed by atoms with Crippen LogP contribution in [0.2, 0.25) is 0 Å². The first-order valence-corrected chi connectivity index (χ1v) is 8.18. The predicted octanol–water partition coefficient (Wildman–Crippen LogP) is 3.82. The van der Waals surface area contributed by atoms with Crippen LogP contribution in [0, 0.1) is 6.92 Å². The number of carbonyl (C=O) groups excluding carboxylic acids is 1. The second kappa shape index (κ2) is 8.08. The number of rotatable bonds is 4. The summed E-state index contributed by atoms with van der Waals surface area (Å²) in [5, 5.41) is 5.95. The van der Waals surface area contributed by atoms with Crippen molar-refractivity contribution in [3.8, 4) is 5.75 Å². The van der Waals surface area contributed by atoms with Crippen LogP contribution >= 0.6 is 28.1 Å². The van der Waals surface area contributed by atoms with Gasteiger partial charge in [0.25, 0.3) is 0 Å². The maximum atomic E-state index is 12.0. The lowest BCUT2D eigenvalue weighted by atomic mass is 10.1. The number of hydrogen-bond donors (Lipinski definition) is 2. The Bertz CT molecular complexity index is 717. The smallest absolute Gasteiger partial charge is 0.230 e. The van der Waals surface area contributed by atoms with Gasteiger partial charge in [-0.05, 0) is 70.5 Å². The number of benzene rings is 2. The zero-order chi connectivity index (χ0) is 16.8. The summed E-state index contributed by atoms with van der Waals surface area (Å²) < 4.78 is 5.98. The van der Waals surface area contributed by atoms with Crippen LogP contribution in [0.4, 0.5) is 5.69 Å². The van der Waals surface area contributed by atoms with Crippen LogP contribution in [-0.2, 0) is 11.2 Å². The van der Waals surface area contributed by atoms with E-state index < -0.39 is 0 Å². The van der Waals surface area contributed by atoms with Gasteiger partial charge in [-0.25, -0.2) is 0 Å². The molecule has 2 aromatic rings. The van der Waals surface area contributed by atoms with Crippen LogP contribution < -0.4 is 15.4 Å². The molecule has 0 atom stereocenters. The molecule has 2 aromatic carbocycles. The topological polar surface area (TPSA) is 50.4 Å². The standard InChI is InChI=1S/C17H17BrN2O2S/c1-11-3-8-15(14(18)9-11)19-17(23)20-16(21)10-12-4-6-13(22-2)7-5-12/h3-9H,10H2,1-2H3,(H2,19,20,21,23). The fourth-order valence-electron chi connectivity index (χ4n) is 1.97. The van der Waals surface area contributed by atoms with Crippen molar-refractivity contribution < 1.29 is 9.53 Å². The molecule has 23 heavy (non-hydrogen) atoms. The molecule has 0 unspecified atom stereocenters. The number of amides is 1. The SMILES string of the molecule is COc1ccc(CC(=O)NC(=S)Nc2ccc(C)cc2Br)cc1. The molecule has 0 aliphatic rings.